The number of hydrogen-bond donors (Lipinski definition) is 2. The molecule has 1 fully saturated rings. The fourth-order valence-electron chi connectivity index (χ4n) is 6.03. The van der Waals surface area contributed by atoms with Gasteiger partial charge in [0.15, 0.2) is 0 Å². The SMILES string of the molecule is CCN(CC)C(=O)[C@H]1CC(CC(=O)NCCCOC)C(=O)N2CCc3c([nH]c4ccccc34)[C@]12C. The molecule has 4 rings (SSSR count). The average Bonchev–Trinajstić information content (AvgIpc) is 3.24. The Balaban J connectivity index is 1.69. The smallest absolute Gasteiger partial charge is 0.228 e. The molecule has 0 aliphatic carbocycles. The molecule has 8 nitrogen and oxygen atoms in total. The number of nitrogens with zero attached hydrogens (tertiary/aromatic N) is 2. The molecule has 0 saturated carbocycles. The van der Waals surface area contributed by atoms with Crippen LogP contribution in [0.3, 0.4) is 0 Å². The van der Waals surface area contributed by atoms with Crippen LogP contribution in [0, 0.1) is 11.8 Å². The molecular formula is C27H38N4O4. The lowest BCUT2D eigenvalue weighted by molar-refractivity contribution is -0.164. The van der Waals surface area contributed by atoms with Gasteiger partial charge in [-0.25, -0.2) is 0 Å². The fraction of sp³-hybridized carbons (Fsp3) is 0.593. The summed E-state index contributed by atoms with van der Waals surface area (Å²) < 4.78 is 5.04. The molecule has 1 aromatic heterocycles. The molecule has 2 aliphatic heterocycles. The van der Waals surface area contributed by atoms with Crippen molar-refractivity contribution < 1.29 is 19.1 Å². The summed E-state index contributed by atoms with van der Waals surface area (Å²) in [4.78, 5) is 47.6. The first-order valence-electron chi connectivity index (χ1n) is 12.8. The number of rotatable bonds is 9. The summed E-state index contributed by atoms with van der Waals surface area (Å²) >= 11 is 0. The van der Waals surface area contributed by atoms with Gasteiger partial charge in [0, 0.05) is 68.8 Å². The summed E-state index contributed by atoms with van der Waals surface area (Å²) in [5.41, 5.74) is 2.40. The van der Waals surface area contributed by atoms with E-state index < -0.39 is 17.4 Å². The number of carbonyl (C=O) groups excluding carboxylic acids is 3. The van der Waals surface area contributed by atoms with Crippen molar-refractivity contribution in [2.75, 3.05) is 39.9 Å². The van der Waals surface area contributed by atoms with E-state index in [4.69, 9.17) is 4.74 Å². The summed E-state index contributed by atoms with van der Waals surface area (Å²) in [6.07, 6.45) is 1.90. The number of aromatic nitrogens is 1. The average molecular weight is 483 g/mol. The van der Waals surface area contributed by atoms with Gasteiger partial charge in [0.1, 0.15) is 0 Å². The summed E-state index contributed by atoms with van der Waals surface area (Å²) in [5.74, 6) is -1.08. The zero-order chi connectivity index (χ0) is 25.2. The van der Waals surface area contributed by atoms with Crippen LogP contribution in [0.5, 0.6) is 0 Å². The molecule has 35 heavy (non-hydrogen) atoms. The third kappa shape index (κ3) is 4.44. The number of amides is 3. The van der Waals surface area contributed by atoms with Crippen LogP contribution in [0.2, 0.25) is 0 Å². The molecule has 0 bridgehead atoms. The first-order valence-corrected chi connectivity index (χ1v) is 12.8. The fourth-order valence-corrected chi connectivity index (χ4v) is 6.03. The normalized spacial score (nSPS) is 23.7. The van der Waals surface area contributed by atoms with Crippen LogP contribution in [0.4, 0.5) is 0 Å². The number of nitrogens with one attached hydrogen (secondary N) is 2. The lowest BCUT2D eigenvalue weighted by atomic mass is 9.67. The molecule has 3 amide bonds. The molecule has 3 atom stereocenters. The number of aromatic amines is 1. The van der Waals surface area contributed by atoms with Gasteiger partial charge < -0.3 is 24.8 Å². The van der Waals surface area contributed by atoms with Crippen molar-refractivity contribution >= 4 is 28.6 Å². The second kappa shape index (κ2) is 10.4. The van der Waals surface area contributed by atoms with E-state index in [0.29, 0.717) is 39.2 Å². The first-order chi connectivity index (χ1) is 16.9. The van der Waals surface area contributed by atoms with Crippen LogP contribution >= 0.6 is 0 Å². The molecule has 0 spiro atoms. The first kappa shape index (κ1) is 25.2. The molecule has 1 aromatic carbocycles. The highest BCUT2D eigenvalue weighted by atomic mass is 16.5. The third-order valence-electron chi connectivity index (χ3n) is 7.93. The minimum atomic E-state index is -0.783. The van der Waals surface area contributed by atoms with Crippen molar-refractivity contribution in [2.45, 2.75) is 52.0 Å². The maximum absolute atomic E-state index is 13.9. The molecule has 2 aliphatic rings. The van der Waals surface area contributed by atoms with Crippen molar-refractivity contribution in [3.63, 3.8) is 0 Å². The van der Waals surface area contributed by atoms with Crippen LogP contribution in [0.25, 0.3) is 10.9 Å². The molecule has 1 saturated heterocycles. The predicted molar refractivity (Wildman–Crippen MR) is 135 cm³/mol. The van der Waals surface area contributed by atoms with E-state index in [-0.39, 0.29) is 24.1 Å². The van der Waals surface area contributed by atoms with Crippen molar-refractivity contribution in [1.29, 1.82) is 0 Å². The number of piperidine rings is 1. The number of fused-ring (bicyclic) bond motifs is 5. The number of H-pyrrole nitrogens is 1. The molecule has 3 heterocycles. The largest absolute Gasteiger partial charge is 0.385 e. The monoisotopic (exact) mass is 482 g/mol. The topological polar surface area (TPSA) is 94.7 Å². The summed E-state index contributed by atoms with van der Waals surface area (Å²) in [6.45, 7) is 8.84. The molecule has 2 N–H and O–H groups in total. The summed E-state index contributed by atoms with van der Waals surface area (Å²) in [7, 11) is 1.63. The summed E-state index contributed by atoms with van der Waals surface area (Å²) in [5, 5.41) is 4.05. The van der Waals surface area contributed by atoms with Gasteiger partial charge in [-0.05, 0) is 51.7 Å². The standard InChI is InChI=1S/C27H38N4O4/c1-5-30(6-2)26(34)21-16-18(17-23(32)28-13-9-15-35-4)25(33)31-14-12-20-19-10-7-8-11-22(19)29-24(20)27(21,31)3/h7-8,10-11,18,21,29H,5-6,9,12-17H2,1-4H3,(H,28,32)/t18?,21-,27+/m1/s1. The van der Waals surface area contributed by atoms with Crippen LogP contribution in [-0.4, -0.2) is 72.4 Å². The molecule has 8 heteroatoms. The van der Waals surface area contributed by atoms with Crippen molar-refractivity contribution in [3.8, 4) is 0 Å². The second-order valence-corrected chi connectivity index (χ2v) is 9.81. The van der Waals surface area contributed by atoms with Crippen molar-refractivity contribution in [2.24, 2.45) is 11.8 Å². The van der Waals surface area contributed by atoms with Gasteiger partial charge in [-0.2, -0.15) is 0 Å². The van der Waals surface area contributed by atoms with E-state index in [0.717, 1.165) is 29.4 Å². The van der Waals surface area contributed by atoms with E-state index >= 15 is 0 Å². The molecule has 2 aromatic rings. The molecule has 1 unspecified atom stereocenters. The van der Waals surface area contributed by atoms with Crippen LogP contribution in [0.1, 0.15) is 51.3 Å². The Bertz CT molecular complexity index is 1090. The Morgan fingerprint density at radius 3 is 2.71 bits per heavy atom. The van der Waals surface area contributed by atoms with Gasteiger partial charge >= 0.3 is 0 Å². The number of carbonyl (C=O) groups is 3. The Morgan fingerprint density at radius 1 is 1.26 bits per heavy atom. The number of methoxy groups -OCH3 is 1. The Kier molecular flexibility index (Phi) is 7.50. The van der Waals surface area contributed by atoms with Gasteiger partial charge in [0.2, 0.25) is 17.7 Å². The zero-order valence-electron chi connectivity index (χ0n) is 21.4. The van der Waals surface area contributed by atoms with Crippen LogP contribution in [-0.2, 0) is 31.1 Å². The second-order valence-electron chi connectivity index (χ2n) is 9.81. The minimum absolute atomic E-state index is 0.0348. The predicted octanol–water partition coefficient (Wildman–Crippen LogP) is 2.82. The van der Waals surface area contributed by atoms with E-state index in [1.807, 2.05) is 48.8 Å². The van der Waals surface area contributed by atoms with E-state index in [9.17, 15) is 14.4 Å². The van der Waals surface area contributed by atoms with E-state index in [1.165, 1.54) is 5.56 Å². The summed E-state index contributed by atoms with van der Waals surface area (Å²) in [6, 6.07) is 8.17. The third-order valence-corrected chi connectivity index (χ3v) is 7.93. The van der Waals surface area contributed by atoms with Gasteiger partial charge in [0.05, 0.1) is 11.5 Å². The Hall–Kier alpha value is -2.87. The number of hydrogen-bond acceptors (Lipinski definition) is 4. The van der Waals surface area contributed by atoms with Gasteiger partial charge in [0.25, 0.3) is 0 Å². The lowest BCUT2D eigenvalue weighted by Gasteiger charge is -2.54. The maximum Gasteiger partial charge on any atom is 0.228 e. The van der Waals surface area contributed by atoms with Crippen molar-refractivity contribution in [3.05, 3.63) is 35.5 Å². The van der Waals surface area contributed by atoms with E-state index in [1.54, 1.807) is 7.11 Å². The number of benzene rings is 1. The molecule has 0 radical (unpaired) electrons. The lowest BCUT2D eigenvalue weighted by Crippen LogP contribution is -2.64. The molecular weight excluding hydrogens is 444 g/mol. The van der Waals surface area contributed by atoms with Crippen molar-refractivity contribution in [1.82, 2.24) is 20.1 Å². The zero-order valence-corrected chi connectivity index (χ0v) is 21.4. The Morgan fingerprint density at radius 2 is 2.00 bits per heavy atom. The quantitative estimate of drug-likeness (QED) is 0.538. The van der Waals surface area contributed by atoms with Gasteiger partial charge in [-0.3, -0.25) is 14.4 Å². The van der Waals surface area contributed by atoms with Crippen LogP contribution < -0.4 is 5.32 Å². The highest BCUT2D eigenvalue weighted by Crippen LogP contribution is 2.50. The minimum Gasteiger partial charge on any atom is -0.385 e. The number of ether oxygens (including phenoxy) is 1. The molecule has 190 valence electrons. The highest BCUT2D eigenvalue weighted by Gasteiger charge is 2.57. The van der Waals surface area contributed by atoms with Gasteiger partial charge in [-0.1, -0.05) is 18.2 Å². The Labute approximate surface area is 207 Å². The maximum atomic E-state index is 13.9. The highest BCUT2D eigenvalue weighted by molar-refractivity contribution is 5.92. The van der Waals surface area contributed by atoms with Crippen LogP contribution in [0.15, 0.2) is 24.3 Å². The van der Waals surface area contributed by atoms with E-state index in [2.05, 4.69) is 16.4 Å². The van der Waals surface area contributed by atoms with Gasteiger partial charge in [-0.15, -0.1) is 0 Å². The number of para-hydroxylation sites is 1.